The smallest absolute Gasteiger partial charge is 0.371 e. The fourth-order valence-corrected chi connectivity index (χ4v) is 2.53. The summed E-state index contributed by atoms with van der Waals surface area (Å²) >= 11 is 7.40. The lowest BCUT2D eigenvalue weighted by atomic mass is 10.3. The van der Waals surface area contributed by atoms with Crippen LogP contribution in [0.4, 0.5) is 0 Å². The Hall–Kier alpha value is -1.39. The van der Waals surface area contributed by atoms with Crippen molar-refractivity contribution in [2.24, 2.45) is 0 Å². The van der Waals surface area contributed by atoms with E-state index in [9.17, 15) is 4.79 Å². The lowest BCUT2D eigenvalue weighted by Crippen LogP contribution is -1.92. The summed E-state index contributed by atoms with van der Waals surface area (Å²) in [4.78, 5) is 11.8. The Balaban J connectivity index is 2.09. The van der Waals surface area contributed by atoms with Gasteiger partial charge in [0.15, 0.2) is 0 Å². The Bertz CT molecular complexity index is 548. The standard InChI is InChI=1S/C13H11ClO3S/c1-8(11-6-7-12(17-11)13(15)16)18-10-4-2-9(14)3-5-10/h2-8H,1H3,(H,15,16). The van der Waals surface area contributed by atoms with Crippen LogP contribution in [-0.2, 0) is 0 Å². The minimum atomic E-state index is -1.05. The third-order valence-electron chi connectivity index (χ3n) is 2.36. The normalized spacial score (nSPS) is 12.3. The van der Waals surface area contributed by atoms with Crippen LogP contribution in [0, 0.1) is 0 Å². The Kier molecular flexibility index (Phi) is 3.99. The number of benzene rings is 1. The molecule has 1 unspecified atom stereocenters. The SMILES string of the molecule is CC(Sc1ccc(Cl)cc1)c1ccc(C(=O)O)o1. The maximum Gasteiger partial charge on any atom is 0.371 e. The topological polar surface area (TPSA) is 50.4 Å². The molecular formula is C13H11ClO3S. The van der Waals surface area contributed by atoms with E-state index in [1.807, 2.05) is 31.2 Å². The summed E-state index contributed by atoms with van der Waals surface area (Å²) in [5.41, 5.74) is 0. The minimum Gasteiger partial charge on any atom is -0.475 e. The Morgan fingerprint density at radius 1 is 1.28 bits per heavy atom. The molecule has 0 spiro atoms. The number of rotatable bonds is 4. The van der Waals surface area contributed by atoms with E-state index in [1.165, 1.54) is 6.07 Å². The first-order chi connectivity index (χ1) is 8.56. The molecule has 0 saturated carbocycles. The first-order valence-electron chi connectivity index (χ1n) is 5.31. The minimum absolute atomic E-state index is 0.0337. The number of hydrogen-bond acceptors (Lipinski definition) is 3. The van der Waals surface area contributed by atoms with Crippen molar-refractivity contribution in [3.63, 3.8) is 0 Å². The van der Waals surface area contributed by atoms with Gasteiger partial charge in [0, 0.05) is 9.92 Å². The van der Waals surface area contributed by atoms with Crippen molar-refractivity contribution in [3.8, 4) is 0 Å². The molecule has 5 heteroatoms. The van der Waals surface area contributed by atoms with Crippen LogP contribution in [0.15, 0.2) is 45.7 Å². The molecule has 94 valence electrons. The van der Waals surface area contributed by atoms with Gasteiger partial charge in [-0.15, -0.1) is 11.8 Å². The fourth-order valence-electron chi connectivity index (χ4n) is 1.46. The van der Waals surface area contributed by atoms with Crippen molar-refractivity contribution in [2.75, 3.05) is 0 Å². The fraction of sp³-hybridized carbons (Fsp3) is 0.154. The van der Waals surface area contributed by atoms with Gasteiger partial charge in [0.25, 0.3) is 0 Å². The quantitative estimate of drug-likeness (QED) is 0.840. The number of carbonyl (C=O) groups is 1. The summed E-state index contributed by atoms with van der Waals surface area (Å²) in [5, 5.41) is 9.52. The molecule has 0 amide bonds. The number of hydrogen-bond donors (Lipinski definition) is 1. The van der Waals surface area contributed by atoms with Gasteiger partial charge in [0.1, 0.15) is 5.76 Å². The summed E-state index contributed by atoms with van der Waals surface area (Å²) in [7, 11) is 0. The molecule has 0 radical (unpaired) electrons. The van der Waals surface area contributed by atoms with Gasteiger partial charge in [-0.25, -0.2) is 4.79 Å². The lowest BCUT2D eigenvalue weighted by Gasteiger charge is -2.08. The van der Waals surface area contributed by atoms with Crippen LogP contribution in [0.3, 0.4) is 0 Å². The summed E-state index contributed by atoms with van der Waals surface area (Å²) in [5.74, 6) is -0.439. The second-order valence-corrected chi connectivity index (χ2v) is 5.57. The van der Waals surface area contributed by atoms with Gasteiger partial charge >= 0.3 is 5.97 Å². The van der Waals surface area contributed by atoms with E-state index < -0.39 is 5.97 Å². The third kappa shape index (κ3) is 3.09. The van der Waals surface area contributed by atoms with Gasteiger partial charge in [-0.3, -0.25) is 0 Å². The highest BCUT2D eigenvalue weighted by Crippen LogP contribution is 2.35. The number of carboxylic acids is 1. The van der Waals surface area contributed by atoms with Crippen LogP contribution in [0.5, 0.6) is 0 Å². The molecule has 0 saturated heterocycles. The molecule has 0 bridgehead atoms. The van der Waals surface area contributed by atoms with Crippen molar-refractivity contribution < 1.29 is 14.3 Å². The molecule has 1 aromatic heterocycles. The second-order valence-electron chi connectivity index (χ2n) is 3.72. The Labute approximate surface area is 114 Å². The van der Waals surface area contributed by atoms with Crippen molar-refractivity contribution in [3.05, 3.63) is 52.9 Å². The van der Waals surface area contributed by atoms with Crippen LogP contribution in [0.25, 0.3) is 0 Å². The van der Waals surface area contributed by atoms with Gasteiger partial charge in [0.2, 0.25) is 5.76 Å². The highest BCUT2D eigenvalue weighted by molar-refractivity contribution is 7.99. The van der Waals surface area contributed by atoms with Crippen LogP contribution in [0.2, 0.25) is 5.02 Å². The van der Waals surface area contributed by atoms with Gasteiger partial charge in [-0.1, -0.05) is 11.6 Å². The summed E-state index contributed by atoms with van der Waals surface area (Å²) in [6, 6.07) is 10.6. The predicted molar refractivity (Wildman–Crippen MR) is 71.4 cm³/mol. The molecule has 3 nitrogen and oxygen atoms in total. The highest BCUT2D eigenvalue weighted by Gasteiger charge is 2.15. The molecule has 1 atom stereocenters. The average molecular weight is 283 g/mol. The van der Waals surface area contributed by atoms with Gasteiger partial charge in [-0.2, -0.15) is 0 Å². The molecule has 0 aliphatic rings. The second kappa shape index (κ2) is 5.50. The predicted octanol–water partition coefficient (Wildman–Crippen LogP) is 4.48. The molecular weight excluding hydrogens is 272 g/mol. The van der Waals surface area contributed by atoms with E-state index in [4.69, 9.17) is 21.1 Å². The molecule has 1 heterocycles. The third-order valence-corrected chi connectivity index (χ3v) is 3.75. The number of furan rings is 1. The van der Waals surface area contributed by atoms with Crippen LogP contribution in [-0.4, -0.2) is 11.1 Å². The summed E-state index contributed by atoms with van der Waals surface area (Å²) in [6.45, 7) is 1.96. The number of carboxylic acid groups (broad SMARTS) is 1. The first-order valence-corrected chi connectivity index (χ1v) is 6.57. The van der Waals surface area contributed by atoms with Crippen LogP contribution in [0.1, 0.15) is 28.5 Å². The van der Waals surface area contributed by atoms with E-state index in [2.05, 4.69) is 0 Å². The van der Waals surface area contributed by atoms with Gasteiger partial charge < -0.3 is 9.52 Å². The maximum absolute atomic E-state index is 10.7. The zero-order chi connectivity index (χ0) is 13.1. The molecule has 2 rings (SSSR count). The molecule has 0 aliphatic heterocycles. The highest BCUT2D eigenvalue weighted by atomic mass is 35.5. The van der Waals surface area contributed by atoms with Crippen molar-refractivity contribution in [1.82, 2.24) is 0 Å². The molecule has 0 fully saturated rings. The van der Waals surface area contributed by atoms with Crippen LogP contribution >= 0.6 is 23.4 Å². The molecule has 18 heavy (non-hydrogen) atoms. The number of halogens is 1. The van der Waals surface area contributed by atoms with Crippen LogP contribution < -0.4 is 0 Å². The Morgan fingerprint density at radius 2 is 1.94 bits per heavy atom. The Morgan fingerprint density at radius 3 is 2.50 bits per heavy atom. The lowest BCUT2D eigenvalue weighted by molar-refractivity contribution is 0.0660. The van der Waals surface area contributed by atoms with E-state index in [1.54, 1.807) is 17.8 Å². The van der Waals surface area contributed by atoms with E-state index in [0.717, 1.165) is 4.90 Å². The van der Waals surface area contributed by atoms with Crippen molar-refractivity contribution in [2.45, 2.75) is 17.1 Å². The molecule has 1 aromatic carbocycles. The molecule has 1 N–H and O–H groups in total. The van der Waals surface area contributed by atoms with Crippen molar-refractivity contribution in [1.29, 1.82) is 0 Å². The summed E-state index contributed by atoms with van der Waals surface area (Å²) in [6.07, 6.45) is 0. The number of thioether (sulfide) groups is 1. The van der Waals surface area contributed by atoms with Crippen molar-refractivity contribution >= 4 is 29.3 Å². The van der Waals surface area contributed by atoms with Gasteiger partial charge in [0.05, 0.1) is 5.25 Å². The first kappa shape index (κ1) is 13.1. The zero-order valence-electron chi connectivity index (χ0n) is 9.59. The van der Waals surface area contributed by atoms with E-state index in [0.29, 0.717) is 10.8 Å². The molecule has 0 aliphatic carbocycles. The largest absolute Gasteiger partial charge is 0.475 e. The zero-order valence-corrected chi connectivity index (χ0v) is 11.2. The van der Waals surface area contributed by atoms with E-state index >= 15 is 0 Å². The number of aromatic carboxylic acids is 1. The summed E-state index contributed by atoms with van der Waals surface area (Å²) < 4.78 is 5.26. The monoisotopic (exact) mass is 282 g/mol. The maximum atomic E-state index is 10.7. The van der Waals surface area contributed by atoms with E-state index in [-0.39, 0.29) is 11.0 Å². The average Bonchev–Trinajstić information content (AvgIpc) is 2.81. The molecule has 2 aromatic rings. The van der Waals surface area contributed by atoms with Gasteiger partial charge in [-0.05, 0) is 43.3 Å².